The fraction of sp³-hybridized carbons (Fsp3) is 0.471. The number of nitrogens with one attached hydrogen (secondary N) is 1. The van der Waals surface area contributed by atoms with Crippen LogP contribution in [-0.2, 0) is 9.59 Å². The molecule has 2 unspecified atom stereocenters. The first kappa shape index (κ1) is 17.8. The van der Waals surface area contributed by atoms with E-state index in [1.165, 1.54) is 21.9 Å². The number of phenols is 1. The van der Waals surface area contributed by atoms with Gasteiger partial charge in [0.2, 0.25) is 11.8 Å². The topological polar surface area (TPSA) is 90.0 Å². The van der Waals surface area contributed by atoms with Gasteiger partial charge in [0.15, 0.2) is 0 Å². The third kappa shape index (κ3) is 3.67. The lowest BCUT2D eigenvalue weighted by atomic mass is 10.1. The van der Waals surface area contributed by atoms with Crippen molar-refractivity contribution in [2.45, 2.75) is 31.8 Å². The molecule has 2 atom stereocenters. The van der Waals surface area contributed by atoms with E-state index in [-0.39, 0.29) is 29.0 Å². The highest BCUT2D eigenvalue weighted by atomic mass is 16.3. The van der Waals surface area contributed by atoms with Crippen molar-refractivity contribution in [3.63, 3.8) is 0 Å². The molecule has 0 bridgehead atoms. The summed E-state index contributed by atoms with van der Waals surface area (Å²) in [6.07, 6.45) is 1.24. The lowest BCUT2D eigenvalue weighted by Crippen LogP contribution is -2.51. The van der Waals surface area contributed by atoms with Crippen molar-refractivity contribution in [2.24, 2.45) is 0 Å². The van der Waals surface area contributed by atoms with Gasteiger partial charge in [0.05, 0.1) is 5.56 Å². The van der Waals surface area contributed by atoms with Crippen molar-refractivity contribution < 1.29 is 19.5 Å². The minimum atomic E-state index is -0.657. The van der Waals surface area contributed by atoms with Crippen LogP contribution in [0.3, 0.4) is 0 Å². The number of amides is 3. The predicted molar refractivity (Wildman–Crippen MR) is 88.5 cm³/mol. The Morgan fingerprint density at radius 3 is 2.58 bits per heavy atom. The number of rotatable bonds is 4. The van der Waals surface area contributed by atoms with Crippen molar-refractivity contribution in [1.29, 1.82) is 0 Å². The molecule has 0 radical (unpaired) electrons. The molecule has 1 fully saturated rings. The molecule has 1 aromatic rings. The molecule has 2 rings (SSSR count). The van der Waals surface area contributed by atoms with Crippen LogP contribution < -0.4 is 5.32 Å². The molecule has 1 aliphatic heterocycles. The van der Waals surface area contributed by atoms with E-state index in [1.807, 2.05) is 0 Å². The summed E-state index contributed by atoms with van der Waals surface area (Å²) in [4.78, 5) is 39.8. The molecule has 24 heavy (non-hydrogen) atoms. The molecule has 0 spiro atoms. The maximum absolute atomic E-state index is 12.6. The standard InChI is InChI=1S/C17H23N3O4/c1-11(16(23)19(2)3)18-15(22)13-8-6-10-20(13)17(24)12-7-4-5-9-14(12)21/h4-5,7,9,11,13,21H,6,8,10H2,1-3H3,(H,18,22). The fourth-order valence-electron chi connectivity index (χ4n) is 2.85. The summed E-state index contributed by atoms with van der Waals surface area (Å²) in [5.74, 6) is -1.04. The summed E-state index contributed by atoms with van der Waals surface area (Å²) >= 11 is 0. The number of para-hydroxylation sites is 1. The number of hydrogen-bond acceptors (Lipinski definition) is 4. The third-order valence-corrected chi connectivity index (χ3v) is 4.12. The largest absolute Gasteiger partial charge is 0.507 e. The van der Waals surface area contributed by atoms with E-state index in [0.29, 0.717) is 19.4 Å². The van der Waals surface area contributed by atoms with Crippen LogP contribution in [0.2, 0.25) is 0 Å². The Hall–Kier alpha value is -2.57. The Bertz CT molecular complexity index is 644. The molecule has 0 aromatic heterocycles. The molecule has 1 heterocycles. The van der Waals surface area contributed by atoms with Crippen LogP contribution in [0.1, 0.15) is 30.1 Å². The summed E-state index contributed by atoms with van der Waals surface area (Å²) < 4.78 is 0. The Kier molecular flexibility index (Phi) is 5.43. The Morgan fingerprint density at radius 1 is 1.29 bits per heavy atom. The average molecular weight is 333 g/mol. The van der Waals surface area contributed by atoms with E-state index in [1.54, 1.807) is 33.2 Å². The molecule has 1 aliphatic rings. The molecule has 130 valence electrons. The zero-order chi connectivity index (χ0) is 17.9. The maximum atomic E-state index is 12.6. The molecule has 7 nitrogen and oxygen atoms in total. The summed E-state index contributed by atoms with van der Waals surface area (Å²) in [6.45, 7) is 2.06. The van der Waals surface area contributed by atoms with Crippen LogP contribution in [0, 0.1) is 0 Å². The van der Waals surface area contributed by atoms with E-state index in [2.05, 4.69) is 5.32 Å². The zero-order valence-corrected chi connectivity index (χ0v) is 14.2. The van der Waals surface area contributed by atoms with Gasteiger partial charge in [0, 0.05) is 20.6 Å². The summed E-state index contributed by atoms with van der Waals surface area (Å²) in [6, 6.07) is 4.98. The maximum Gasteiger partial charge on any atom is 0.258 e. The number of aromatic hydroxyl groups is 1. The molecule has 7 heteroatoms. The number of carbonyl (C=O) groups is 3. The molecule has 0 saturated carbocycles. The zero-order valence-electron chi connectivity index (χ0n) is 14.2. The van der Waals surface area contributed by atoms with Crippen molar-refractivity contribution in [1.82, 2.24) is 15.1 Å². The van der Waals surface area contributed by atoms with Gasteiger partial charge in [-0.15, -0.1) is 0 Å². The second-order valence-corrected chi connectivity index (χ2v) is 6.14. The smallest absolute Gasteiger partial charge is 0.258 e. The average Bonchev–Trinajstić information content (AvgIpc) is 3.03. The number of carbonyl (C=O) groups excluding carboxylic acids is 3. The van der Waals surface area contributed by atoms with Gasteiger partial charge < -0.3 is 20.2 Å². The van der Waals surface area contributed by atoms with Gasteiger partial charge >= 0.3 is 0 Å². The summed E-state index contributed by atoms with van der Waals surface area (Å²) in [5.41, 5.74) is 0.176. The van der Waals surface area contributed by atoms with E-state index in [4.69, 9.17) is 0 Å². The van der Waals surface area contributed by atoms with Gasteiger partial charge in [-0.25, -0.2) is 0 Å². The molecule has 3 amide bonds. The lowest BCUT2D eigenvalue weighted by molar-refractivity contribution is -0.135. The van der Waals surface area contributed by atoms with Crippen molar-refractivity contribution in [3.05, 3.63) is 29.8 Å². The Morgan fingerprint density at radius 2 is 1.96 bits per heavy atom. The summed E-state index contributed by atoms with van der Waals surface area (Å²) in [7, 11) is 3.24. The van der Waals surface area contributed by atoms with Gasteiger partial charge in [0.25, 0.3) is 5.91 Å². The molecule has 2 N–H and O–H groups in total. The van der Waals surface area contributed by atoms with Crippen LogP contribution in [0.15, 0.2) is 24.3 Å². The van der Waals surface area contributed by atoms with Gasteiger partial charge in [-0.1, -0.05) is 12.1 Å². The van der Waals surface area contributed by atoms with Gasteiger partial charge in [-0.2, -0.15) is 0 Å². The summed E-state index contributed by atoms with van der Waals surface area (Å²) in [5, 5.41) is 12.5. The molecular formula is C17H23N3O4. The normalized spacial score (nSPS) is 18.1. The SMILES string of the molecule is CC(NC(=O)C1CCCN1C(=O)c1ccccc1O)C(=O)N(C)C. The third-order valence-electron chi connectivity index (χ3n) is 4.12. The number of likely N-dealkylation sites (tertiary alicyclic amines) is 1. The van der Waals surface area contributed by atoms with Crippen LogP contribution in [0.4, 0.5) is 0 Å². The first-order valence-electron chi connectivity index (χ1n) is 7.93. The number of hydrogen-bond donors (Lipinski definition) is 2. The van der Waals surface area contributed by atoms with E-state index in [9.17, 15) is 19.5 Å². The first-order chi connectivity index (χ1) is 11.3. The minimum absolute atomic E-state index is 0.107. The number of phenolic OH excluding ortho intramolecular Hbond substituents is 1. The van der Waals surface area contributed by atoms with Crippen molar-refractivity contribution >= 4 is 17.7 Å². The second kappa shape index (κ2) is 7.33. The predicted octanol–water partition coefficient (Wildman–Crippen LogP) is 0.590. The van der Waals surface area contributed by atoms with Crippen LogP contribution in [0.5, 0.6) is 5.75 Å². The highest BCUT2D eigenvalue weighted by Crippen LogP contribution is 2.24. The Balaban J connectivity index is 2.10. The number of nitrogens with zero attached hydrogens (tertiary/aromatic N) is 2. The van der Waals surface area contributed by atoms with Crippen molar-refractivity contribution in [2.75, 3.05) is 20.6 Å². The molecule has 0 aliphatic carbocycles. The molecular weight excluding hydrogens is 310 g/mol. The molecule has 1 saturated heterocycles. The first-order valence-corrected chi connectivity index (χ1v) is 7.93. The van der Waals surface area contributed by atoms with Gasteiger partial charge in [-0.05, 0) is 31.9 Å². The molecule has 1 aromatic carbocycles. The highest BCUT2D eigenvalue weighted by Gasteiger charge is 2.36. The van der Waals surface area contributed by atoms with Crippen LogP contribution in [-0.4, -0.2) is 65.4 Å². The lowest BCUT2D eigenvalue weighted by Gasteiger charge is -2.26. The van der Waals surface area contributed by atoms with E-state index < -0.39 is 12.1 Å². The fourth-order valence-corrected chi connectivity index (χ4v) is 2.85. The highest BCUT2D eigenvalue weighted by molar-refractivity contribution is 6.00. The van der Waals surface area contributed by atoms with Crippen LogP contribution >= 0.6 is 0 Å². The number of benzene rings is 1. The van der Waals surface area contributed by atoms with Gasteiger partial charge in [-0.3, -0.25) is 14.4 Å². The Labute approximate surface area is 141 Å². The monoisotopic (exact) mass is 333 g/mol. The number of likely N-dealkylation sites (N-methyl/N-ethyl adjacent to an activating group) is 1. The van der Waals surface area contributed by atoms with Gasteiger partial charge in [0.1, 0.15) is 17.8 Å². The minimum Gasteiger partial charge on any atom is -0.507 e. The quantitative estimate of drug-likeness (QED) is 0.844. The van der Waals surface area contributed by atoms with E-state index in [0.717, 1.165) is 0 Å². The second-order valence-electron chi connectivity index (χ2n) is 6.14. The van der Waals surface area contributed by atoms with Crippen LogP contribution in [0.25, 0.3) is 0 Å². The van der Waals surface area contributed by atoms with E-state index >= 15 is 0 Å². The van der Waals surface area contributed by atoms with Crippen molar-refractivity contribution in [3.8, 4) is 5.75 Å².